The highest BCUT2D eigenvalue weighted by molar-refractivity contribution is 5.76. The van der Waals surface area contributed by atoms with Gasteiger partial charge in [0.1, 0.15) is 0 Å². The fourth-order valence-corrected chi connectivity index (χ4v) is 4.18. The molecule has 1 atom stereocenters. The predicted octanol–water partition coefficient (Wildman–Crippen LogP) is 1.66. The Kier molecular flexibility index (Phi) is 6.34. The highest BCUT2D eigenvalue weighted by Crippen LogP contribution is 2.23. The van der Waals surface area contributed by atoms with E-state index in [0.717, 1.165) is 38.4 Å². The minimum atomic E-state index is 0.0926. The van der Waals surface area contributed by atoms with Crippen LogP contribution in [-0.2, 0) is 24.3 Å². The van der Waals surface area contributed by atoms with Crippen LogP contribution in [0, 0.1) is 0 Å². The van der Waals surface area contributed by atoms with E-state index in [1.807, 2.05) is 12.3 Å². The van der Waals surface area contributed by atoms with E-state index >= 15 is 0 Å². The van der Waals surface area contributed by atoms with Crippen molar-refractivity contribution in [3.8, 4) is 0 Å². The Bertz CT molecular complexity index is 745. The summed E-state index contributed by atoms with van der Waals surface area (Å²) in [7, 11) is 0. The molecule has 2 aromatic heterocycles. The second-order valence-electron chi connectivity index (χ2n) is 7.73. The lowest BCUT2D eigenvalue weighted by Crippen LogP contribution is -2.40. The second-order valence-corrected chi connectivity index (χ2v) is 7.73. The van der Waals surface area contributed by atoms with Crippen LogP contribution in [0.15, 0.2) is 30.6 Å². The molecular formula is C21H30N6O. The minimum Gasteiger partial charge on any atom is -0.354 e. The minimum absolute atomic E-state index is 0.0926. The number of carbonyl (C=O) groups excluding carboxylic acids is 1. The molecule has 150 valence electrons. The number of hydrogen-bond acceptors (Lipinski definition) is 5. The van der Waals surface area contributed by atoms with Gasteiger partial charge in [0.25, 0.3) is 0 Å². The number of nitrogens with one attached hydrogen (secondary N) is 2. The van der Waals surface area contributed by atoms with E-state index in [0.29, 0.717) is 19.4 Å². The molecule has 0 radical (unpaired) electrons. The molecule has 2 aliphatic heterocycles. The number of likely N-dealkylation sites (tertiary alicyclic amines) is 1. The summed E-state index contributed by atoms with van der Waals surface area (Å²) in [5.74, 6) is 0.0926. The van der Waals surface area contributed by atoms with E-state index in [1.165, 1.54) is 30.5 Å². The topological polar surface area (TPSA) is 75.1 Å². The third-order valence-electron chi connectivity index (χ3n) is 5.72. The van der Waals surface area contributed by atoms with Crippen molar-refractivity contribution in [2.24, 2.45) is 0 Å². The maximum absolute atomic E-state index is 12.5. The van der Waals surface area contributed by atoms with Crippen molar-refractivity contribution in [1.29, 1.82) is 0 Å². The summed E-state index contributed by atoms with van der Waals surface area (Å²) in [6, 6.07) is 6.40. The monoisotopic (exact) mass is 382 g/mol. The molecule has 1 saturated heterocycles. The number of fused-ring (bicyclic) bond motifs is 1. The summed E-state index contributed by atoms with van der Waals surface area (Å²) in [5.41, 5.74) is 3.40. The van der Waals surface area contributed by atoms with Gasteiger partial charge in [-0.2, -0.15) is 5.10 Å². The molecule has 28 heavy (non-hydrogen) atoms. The van der Waals surface area contributed by atoms with Gasteiger partial charge >= 0.3 is 0 Å². The molecule has 0 aromatic carbocycles. The van der Waals surface area contributed by atoms with Gasteiger partial charge < -0.3 is 10.6 Å². The number of piperidine rings is 1. The lowest BCUT2D eigenvalue weighted by Gasteiger charge is -2.34. The van der Waals surface area contributed by atoms with E-state index in [9.17, 15) is 4.79 Å². The van der Waals surface area contributed by atoms with E-state index in [-0.39, 0.29) is 11.9 Å². The Labute approximate surface area is 166 Å². The zero-order valence-corrected chi connectivity index (χ0v) is 16.4. The van der Waals surface area contributed by atoms with Gasteiger partial charge in [-0.25, -0.2) is 0 Å². The first-order valence-electron chi connectivity index (χ1n) is 10.5. The number of pyridine rings is 1. The summed E-state index contributed by atoms with van der Waals surface area (Å²) in [5, 5.41) is 11.1. The van der Waals surface area contributed by atoms with Gasteiger partial charge in [-0.3, -0.25) is 19.4 Å². The van der Waals surface area contributed by atoms with E-state index in [2.05, 4.69) is 42.4 Å². The fourth-order valence-electron chi connectivity index (χ4n) is 4.18. The van der Waals surface area contributed by atoms with Crippen LogP contribution in [0.1, 0.15) is 48.7 Å². The summed E-state index contributed by atoms with van der Waals surface area (Å²) < 4.78 is 2.05. The molecule has 0 spiro atoms. The van der Waals surface area contributed by atoms with Crippen molar-refractivity contribution in [3.63, 3.8) is 0 Å². The van der Waals surface area contributed by atoms with E-state index < -0.39 is 0 Å². The zero-order valence-electron chi connectivity index (χ0n) is 16.4. The summed E-state index contributed by atoms with van der Waals surface area (Å²) >= 11 is 0. The highest BCUT2D eigenvalue weighted by Gasteiger charge is 2.23. The molecular weight excluding hydrogens is 352 g/mol. The maximum Gasteiger partial charge on any atom is 0.220 e. The van der Waals surface area contributed by atoms with Crippen molar-refractivity contribution in [3.05, 3.63) is 47.5 Å². The van der Waals surface area contributed by atoms with Gasteiger partial charge in [-0.1, -0.05) is 12.5 Å². The number of carbonyl (C=O) groups is 1. The third kappa shape index (κ3) is 4.77. The molecule has 0 bridgehead atoms. The van der Waals surface area contributed by atoms with Gasteiger partial charge in [0, 0.05) is 44.9 Å². The molecule has 4 heterocycles. The van der Waals surface area contributed by atoms with Gasteiger partial charge in [0.2, 0.25) is 5.91 Å². The summed E-state index contributed by atoms with van der Waals surface area (Å²) in [6.45, 7) is 5.54. The smallest absolute Gasteiger partial charge is 0.220 e. The number of aromatic nitrogens is 3. The van der Waals surface area contributed by atoms with Crippen molar-refractivity contribution in [1.82, 2.24) is 30.3 Å². The Balaban J connectivity index is 1.31. The number of nitrogens with zero attached hydrogens (tertiary/aromatic N) is 4. The molecule has 0 saturated carbocycles. The maximum atomic E-state index is 12.5. The first kappa shape index (κ1) is 19.1. The predicted molar refractivity (Wildman–Crippen MR) is 108 cm³/mol. The zero-order chi connectivity index (χ0) is 19.2. The average Bonchev–Trinajstić information content (AvgIpc) is 3.17. The van der Waals surface area contributed by atoms with Gasteiger partial charge in [-0.05, 0) is 43.6 Å². The number of aryl methyl sites for hydroxylation is 1. The largest absolute Gasteiger partial charge is 0.354 e. The number of hydrogen-bond donors (Lipinski definition) is 2. The number of rotatable bonds is 7. The van der Waals surface area contributed by atoms with Crippen molar-refractivity contribution >= 4 is 5.91 Å². The number of amides is 1. The van der Waals surface area contributed by atoms with Crippen LogP contribution in [0.25, 0.3) is 0 Å². The Morgan fingerprint density at radius 2 is 2.14 bits per heavy atom. The van der Waals surface area contributed by atoms with Gasteiger partial charge in [-0.15, -0.1) is 0 Å². The lowest BCUT2D eigenvalue weighted by atomic mass is 10.0. The molecule has 7 heteroatoms. The molecule has 0 unspecified atom stereocenters. The Morgan fingerprint density at radius 1 is 1.25 bits per heavy atom. The van der Waals surface area contributed by atoms with E-state index in [4.69, 9.17) is 0 Å². The van der Waals surface area contributed by atoms with Crippen molar-refractivity contribution in [2.75, 3.05) is 26.2 Å². The van der Waals surface area contributed by atoms with Gasteiger partial charge in [0.05, 0.1) is 24.0 Å². The first-order chi connectivity index (χ1) is 13.8. The van der Waals surface area contributed by atoms with Crippen molar-refractivity contribution in [2.45, 2.75) is 51.2 Å². The van der Waals surface area contributed by atoms with Crippen LogP contribution in [0.2, 0.25) is 0 Å². The highest BCUT2D eigenvalue weighted by atomic mass is 16.1. The molecule has 4 rings (SSSR count). The van der Waals surface area contributed by atoms with Crippen LogP contribution in [0.4, 0.5) is 0 Å². The van der Waals surface area contributed by atoms with Crippen LogP contribution in [-0.4, -0.2) is 51.8 Å². The van der Waals surface area contributed by atoms with Crippen molar-refractivity contribution < 1.29 is 4.79 Å². The van der Waals surface area contributed by atoms with Crippen LogP contribution >= 0.6 is 0 Å². The average molecular weight is 383 g/mol. The molecule has 1 fully saturated rings. The summed E-state index contributed by atoms with van der Waals surface area (Å²) in [4.78, 5) is 19.2. The molecule has 2 aliphatic rings. The molecule has 1 amide bonds. The Morgan fingerprint density at radius 3 is 2.93 bits per heavy atom. The molecule has 7 nitrogen and oxygen atoms in total. The molecule has 2 aromatic rings. The lowest BCUT2D eigenvalue weighted by molar-refractivity contribution is -0.121. The SMILES string of the molecule is O=C(CCc1cc2n(n1)CCNC2)NC[C@@H](c1cccnc1)N1CCCCC1. The van der Waals surface area contributed by atoms with Crippen LogP contribution in [0.3, 0.4) is 0 Å². The summed E-state index contributed by atoms with van der Waals surface area (Å²) in [6.07, 6.45) is 8.64. The third-order valence-corrected chi connectivity index (χ3v) is 5.72. The van der Waals surface area contributed by atoms with Gasteiger partial charge in [0.15, 0.2) is 0 Å². The normalized spacial score (nSPS) is 18.4. The quantitative estimate of drug-likeness (QED) is 0.762. The standard InChI is InChI=1S/C21H30N6O/c28-21(7-6-18-13-19-15-23-9-12-27(19)25-18)24-16-20(17-5-4-8-22-14-17)26-10-2-1-3-11-26/h4-5,8,13-14,20,23H,1-3,6-7,9-12,15-16H2,(H,24,28)/t20-/m0/s1. The van der Waals surface area contributed by atoms with Crippen LogP contribution < -0.4 is 10.6 Å². The molecule has 2 N–H and O–H groups in total. The second kappa shape index (κ2) is 9.30. The fraction of sp³-hybridized carbons (Fsp3) is 0.571. The first-order valence-corrected chi connectivity index (χ1v) is 10.5. The molecule has 0 aliphatic carbocycles. The Hall–Kier alpha value is -2.25. The van der Waals surface area contributed by atoms with Crippen LogP contribution in [0.5, 0.6) is 0 Å². The van der Waals surface area contributed by atoms with E-state index in [1.54, 1.807) is 6.20 Å².